The minimum Gasteiger partial charge on any atom is -0.397 e. The van der Waals surface area contributed by atoms with Gasteiger partial charge in [-0.1, -0.05) is 173 Å². The number of halogens is 1. The highest BCUT2D eigenvalue weighted by Gasteiger charge is 2.36. The molecule has 0 aliphatic carbocycles. The Hall–Kier alpha value is -3.69. The van der Waals surface area contributed by atoms with Gasteiger partial charge < -0.3 is 9.59 Å². The van der Waals surface area contributed by atoms with Crippen molar-refractivity contribution < 1.29 is 9.59 Å². The highest BCUT2D eigenvalue weighted by Crippen LogP contribution is 2.51. The van der Waals surface area contributed by atoms with Gasteiger partial charge in [0.2, 0.25) is 0 Å². The Morgan fingerprint density at radius 1 is 0.537 bits per heavy atom. The molecule has 4 atom stereocenters. The van der Waals surface area contributed by atoms with E-state index in [-0.39, 0.29) is 12.5 Å². The summed E-state index contributed by atoms with van der Waals surface area (Å²) < 4.78 is 1.32. The van der Waals surface area contributed by atoms with Crippen LogP contribution in [0.2, 0.25) is 0 Å². The van der Waals surface area contributed by atoms with Gasteiger partial charge in [0.25, 0.3) is 0 Å². The predicted molar refractivity (Wildman–Crippen MR) is 236 cm³/mol. The van der Waals surface area contributed by atoms with Crippen LogP contribution in [0.25, 0.3) is 0 Å². The second-order valence-electron chi connectivity index (χ2n) is 15.2. The van der Waals surface area contributed by atoms with Crippen LogP contribution < -0.4 is 0 Å². The number of piperidine rings is 1. The molecule has 1 aliphatic rings. The van der Waals surface area contributed by atoms with Gasteiger partial charge in [-0.3, -0.25) is 0 Å². The summed E-state index contributed by atoms with van der Waals surface area (Å²) in [5.74, 6) is 2.51. The number of quaternary nitrogens is 1. The quantitative estimate of drug-likeness (QED) is 0.105. The molecule has 290 valence electrons. The molecule has 0 radical (unpaired) electrons. The minimum atomic E-state index is 0.250. The van der Waals surface area contributed by atoms with Crippen LogP contribution in [0, 0.1) is 0 Å². The van der Waals surface area contributed by atoms with Gasteiger partial charge in [0.1, 0.15) is 0 Å². The van der Waals surface area contributed by atoms with E-state index in [1.165, 1.54) is 76.8 Å². The Labute approximate surface area is 334 Å². The second kappa shape index (κ2) is 24.7. The molecule has 1 heterocycles. The molecule has 1 saturated heterocycles. The number of hydrogen-bond acceptors (Lipinski definition) is 1. The smallest absolute Gasteiger partial charge is 0.0784 e. The molecule has 1 aliphatic heterocycles. The number of rotatable bonds is 11. The molecule has 4 unspecified atom stereocenters. The maximum atomic E-state index is 7.57. The third-order valence-electron chi connectivity index (χ3n) is 11.0. The average Bonchev–Trinajstić information content (AvgIpc) is 3.21. The highest BCUT2D eigenvalue weighted by atomic mass is 35.5. The molecular formula is C51H69ClNO+. The first-order valence-corrected chi connectivity index (χ1v) is 21.0. The molecule has 1 N–H and O–H groups in total. The molecule has 5 aromatic carbocycles. The van der Waals surface area contributed by atoms with Crippen LogP contribution in [-0.2, 0) is 6.42 Å². The van der Waals surface area contributed by atoms with E-state index in [4.69, 9.17) is 16.7 Å². The van der Waals surface area contributed by atoms with Gasteiger partial charge in [-0.25, -0.2) is 0 Å². The van der Waals surface area contributed by atoms with Gasteiger partial charge in [-0.15, -0.1) is 11.6 Å². The van der Waals surface area contributed by atoms with Crippen LogP contribution >= 0.6 is 11.6 Å². The van der Waals surface area contributed by atoms with Crippen molar-refractivity contribution in [3.63, 3.8) is 0 Å². The number of aliphatic hydroxyl groups is 1. The lowest BCUT2D eigenvalue weighted by Gasteiger charge is -2.39. The molecule has 0 saturated carbocycles. The fourth-order valence-electron chi connectivity index (χ4n) is 7.85. The third-order valence-corrected chi connectivity index (χ3v) is 11.0. The predicted octanol–water partition coefficient (Wildman–Crippen LogP) is 13.4. The monoisotopic (exact) mass is 747 g/mol. The normalized spacial score (nSPS) is 15.4. The molecule has 5 aromatic rings. The maximum Gasteiger partial charge on any atom is 0.0784 e. The summed E-state index contributed by atoms with van der Waals surface area (Å²) in [5, 5.41) is 7.57. The molecule has 0 aromatic heterocycles. The van der Waals surface area contributed by atoms with Crippen molar-refractivity contribution in [3.8, 4) is 0 Å². The number of likely N-dealkylation sites (tertiary alicyclic amines) is 1. The summed E-state index contributed by atoms with van der Waals surface area (Å²) in [6, 6.07) is 54.0. The van der Waals surface area contributed by atoms with Gasteiger partial charge in [0.05, 0.1) is 26.7 Å². The Kier molecular flexibility index (Phi) is 20.4. The van der Waals surface area contributed by atoms with Crippen molar-refractivity contribution in [2.24, 2.45) is 0 Å². The number of aliphatic hydroxyl groups excluding tert-OH is 1. The van der Waals surface area contributed by atoms with Crippen molar-refractivity contribution in [2.75, 3.05) is 39.2 Å². The van der Waals surface area contributed by atoms with E-state index in [9.17, 15) is 0 Å². The zero-order chi connectivity index (χ0) is 39.2. The molecule has 1 fully saturated rings. The lowest BCUT2D eigenvalue weighted by molar-refractivity contribution is -0.912. The Morgan fingerprint density at radius 2 is 0.926 bits per heavy atom. The molecule has 0 amide bonds. The summed E-state index contributed by atoms with van der Waals surface area (Å²) in [5.41, 5.74) is 8.39. The van der Waals surface area contributed by atoms with Crippen LogP contribution in [0.4, 0.5) is 0 Å². The van der Waals surface area contributed by atoms with Crippen LogP contribution in [0.15, 0.2) is 146 Å². The first-order chi connectivity index (χ1) is 26.2. The number of nitrogens with zero attached hydrogens (tertiary/aromatic N) is 1. The SMILES string of the molecule is CC(C)c1ccc(CC(c2ccccc2)C(c2ccccc2)C(c2ccccc2)C(C)c2ccccc2)cc1.CCCl.CCO.CC[N+]1(C)CCCCC1. The molecule has 54 heavy (non-hydrogen) atoms. The van der Waals surface area contributed by atoms with Crippen LogP contribution in [0.1, 0.15) is 124 Å². The summed E-state index contributed by atoms with van der Waals surface area (Å²) in [7, 11) is 2.37. The Balaban J connectivity index is 0.000000440. The van der Waals surface area contributed by atoms with E-state index in [0.29, 0.717) is 23.7 Å². The number of alkyl halides is 1. The Morgan fingerprint density at radius 3 is 1.31 bits per heavy atom. The van der Waals surface area contributed by atoms with Gasteiger partial charge in [0, 0.05) is 12.5 Å². The van der Waals surface area contributed by atoms with E-state index in [0.717, 1.165) is 12.3 Å². The first-order valence-electron chi connectivity index (χ1n) is 20.5. The average molecular weight is 748 g/mol. The van der Waals surface area contributed by atoms with E-state index in [1.807, 2.05) is 6.92 Å². The summed E-state index contributed by atoms with van der Waals surface area (Å²) in [4.78, 5) is 0. The Bertz CT molecular complexity index is 1630. The van der Waals surface area contributed by atoms with Gasteiger partial charge >= 0.3 is 0 Å². The summed E-state index contributed by atoms with van der Waals surface area (Å²) in [6.45, 7) is 17.2. The van der Waals surface area contributed by atoms with E-state index in [1.54, 1.807) is 6.92 Å². The lowest BCUT2D eigenvalue weighted by atomic mass is 9.64. The zero-order valence-corrected chi connectivity index (χ0v) is 35.1. The molecule has 0 bridgehead atoms. The first kappa shape index (κ1) is 44.7. The second-order valence-corrected chi connectivity index (χ2v) is 15.8. The van der Waals surface area contributed by atoms with Crippen molar-refractivity contribution in [1.82, 2.24) is 0 Å². The number of hydrogen-bond donors (Lipinski definition) is 1. The lowest BCUT2D eigenvalue weighted by Crippen LogP contribution is -2.47. The topological polar surface area (TPSA) is 20.2 Å². The zero-order valence-electron chi connectivity index (χ0n) is 34.4. The molecule has 3 heteroatoms. The standard InChI is InChI=1S/C39H40.C8H18N.C2H5Cl.C2H6O/c1-29(2)32-26-24-31(25-27-32)28-37(34-18-10-5-11-19-34)39(36-22-14-7-15-23-36)38(35-20-12-6-13-21-35)30(3)33-16-8-4-9-17-33;1-3-9(2)7-5-4-6-8-9;2*1-2-3/h4-27,29-30,37-39H,28H2,1-3H3;3-8H2,1-2H3;2H2,1H3;3H,2H2,1H3/q;+1;;. The highest BCUT2D eigenvalue weighted by molar-refractivity contribution is 6.17. The van der Waals surface area contributed by atoms with Gasteiger partial charge in [0.15, 0.2) is 0 Å². The molecule has 2 nitrogen and oxygen atoms in total. The van der Waals surface area contributed by atoms with Crippen LogP contribution in [0.3, 0.4) is 0 Å². The number of benzene rings is 5. The third kappa shape index (κ3) is 14.2. The summed E-state index contributed by atoms with van der Waals surface area (Å²) >= 11 is 5.00. The molecular weight excluding hydrogens is 678 g/mol. The fraction of sp³-hybridized carbons (Fsp3) is 0.412. The van der Waals surface area contributed by atoms with Gasteiger partial charge in [-0.2, -0.15) is 0 Å². The van der Waals surface area contributed by atoms with E-state index < -0.39 is 0 Å². The minimum absolute atomic E-state index is 0.250. The van der Waals surface area contributed by atoms with Crippen molar-refractivity contribution >= 4 is 11.6 Å². The van der Waals surface area contributed by atoms with Crippen LogP contribution in [-0.4, -0.2) is 48.8 Å². The summed E-state index contributed by atoms with van der Waals surface area (Å²) in [6.07, 6.45) is 5.36. The van der Waals surface area contributed by atoms with Crippen molar-refractivity contribution in [3.05, 3.63) is 179 Å². The fourth-order valence-corrected chi connectivity index (χ4v) is 7.85. The van der Waals surface area contributed by atoms with Crippen molar-refractivity contribution in [1.29, 1.82) is 0 Å². The largest absolute Gasteiger partial charge is 0.397 e. The maximum absolute atomic E-state index is 7.57. The van der Waals surface area contributed by atoms with E-state index in [2.05, 4.69) is 180 Å². The molecule has 0 spiro atoms. The van der Waals surface area contributed by atoms with Crippen LogP contribution in [0.5, 0.6) is 0 Å². The molecule has 6 rings (SSSR count). The van der Waals surface area contributed by atoms with Gasteiger partial charge in [-0.05, 0) is 103 Å². The van der Waals surface area contributed by atoms with E-state index >= 15 is 0 Å². The van der Waals surface area contributed by atoms with Crippen molar-refractivity contribution in [2.45, 2.75) is 96.8 Å².